The number of nitrogens with two attached hydrogens (primary N) is 1. The van der Waals surface area contributed by atoms with Crippen molar-refractivity contribution in [2.45, 2.75) is 50.8 Å². The van der Waals surface area contributed by atoms with Crippen LogP contribution in [0, 0.1) is 0 Å². The Balaban J connectivity index is 2.09. The van der Waals surface area contributed by atoms with Crippen LogP contribution in [0.4, 0.5) is 0 Å². The van der Waals surface area contributed by atoms with Crippen molar-refractivity contribution in [1.29, 1.82) is 0 Å². The molecule has 1 aliphatic heterocycles. The minimum Gasteiger partial charge on any atom is -0.376 e. The molecule has 16 heavy (non-hydrogen) atoms. The fourth-order valence-corrected chi connectivity index (χ4v) is 2.47. The van der Waals surface area contributed by atoms with E-state index in [1.54, 1.807) is 0 Å². The number of piperidine rings is 1. The van der Waals surface area contributed by atoms with Crippen LogP contribution in [0.2, 0.25) is 0 Å². The number of amides is 2. The quantitative estimate of drug-likeness (QED) is 0.689. The lowest BCUT2D eigenvalue weighted by Gasteiger charge is -2.48. The van der Waals surface area contributed by atoms with Crippen molar-refractivity contribution in [2.24, 2.45) is 5.73 Å². The molecule has 0 aromatic carbocycles. The van der Waals surface area contributed by atoms with Crippen LogP contribution in [-0.2, 0) is 14.3 Å². The van der Waals surface area contributed by atoms with Crippen molar-refractivity contribution in [3.05, 3.63) is 0 Å². The summed E-state index contributed by atoms with van der Waals surface area (Å²) in [5, 5.41) is 0. The largest absolute Gasteiger partial charge is 0.376 e. The Morgan fingerprint density at radius 3 is 2.50 bits per heavy atom. The second kappa shape index (κ2) is 4.51. The van der Waals surface area contributed by atoms with Gasteiger partial charge in [0.25, 0.3) is 0 Å². The molecule has 0 aromatic rings. The number of likely N-dealkylation sites (tertiary alicyclic amines) is 1. The molecule has 3 unspecified atom stereocenters. The molecule has 0 radical (unpaired) electrons. The molecule has 1 heterocycles. The third-order valence-corrected chi connectivity index (χ3v) is 3.32. The molecule has 1 aliphatic carbocycles. The van der Waals surface area contributed by atoms with Gasteiger partial charge in [-0.3, -0.25) is 14.5 Å². The number of imide groups is 1. The van der Waals surface area contributed by atoms with Gasteiger partial charge in [0.1, 0.15) is 0 Å². The van der Waals surface area contributed by atoms with Gasteiger partial charge in [0.05, 0.1) is 12.1 Å². The van der Waals surface area contributed by atoms with E-state index >= 15 is 0 Å². The Hall–Kier alpha value is -0.940. The molecule has 5 heteroatoms. The number of carbonyl (C=O) groups excluding carboxylic acids is 2. The number of ether oxygens (including phenoxy) is 1. The predicted molar refractivity (Wildman–Crippen MR) is 57.5 cm³/mol. The molecule has 2 amide bonds. The molecular weight excluding hydrogens is 208 g/mol. The summed E-state index contributed by atoms with van der Waals surface area (Å²) < 4.78 is 5.48. The molecular formula is C11H18N2O3. The molecule has 1 saturated heterocycles. The van der Waals surface area contributed by atoms with Gasteiger partial charge in [0.2, 0.25) is 11.8 Å². The van der Waals surface area contributed by atoms with Crippen molar-refractivity contribution in [1.82, 2.24) is 4.90 Å². The van der Waals surface area contributed by atoms with Crippen LogP contribution in [0.3, 0.4) is 0 Å². The maximum Gasteiger partial charge on any atom is 0.229 e. The van der Waals surface area contributed by atoms with Crippen LogP contribution in [0.15, 0.2) is 0 Å². The Morgan fingerprint density at radius 2 is 2.00 bits per heavy atom. The Kier molecular flexibility index (Phi) is 3.25. The van der Waals surface area contributed by atoms with Gasteiger partial charge in [0, 0.05) is 25.5 Å². The Bertz CT molecular complexity index is 288. The first kappa shape index (κ1) is 11.5. The highest BCUT2D eigenvalue weighted by Gasteiger charge is 2.48. The van der Waals surface area contributed by atoms with Crippen molar-refractivity contribution < 1.29 is 14.3 Å². The van der Waals surface area contributed by atoms with E-state index in [0.717, 1.165) is 6.42 Å². The number of nitrogens with zero attached hydrogens (tertiary/aromatic N) is 1. The average Bonchev–Trinajstić information content (AvgIpc) is 2.23. The van der Waals surface area contributed by atoms with Crippen molar-refractivity contribution >= 4 is 11.8 Å². The Morgan fingerprint density at radius 1 is 1.38 bits per heavy atom. The third-order valence-electron chi connectivity index (χ3n) is 3.32. The van der Waals surface area contributed by atoms with E-state index in [0.29, 0.717) is 25.9 Å². The fourth-order valence-electron chi connectivity index (χ4n) is 2.47. The minimum atomic E-state index is -0.236. The lowest BCUT2D eigenvalue weighted by Crippen LogP contribution is -2.67. The topological polar surface area (TPSA) is 72.6 Å². The van der Waals surface area contributed by atoms with Crippen LogP contribution in [-0.4, -0.2) is 41.5 Å². The first-order valence-corrected chi connectivity index (χ1v) is 5.87. The number of carbonyl (C=O) groups is 2. The van der Waals surface area contributed by atoms with Crippen LogP contribution in [0.25, 0.3) is 0 Å². The molecule has 1 saturated carbocycles. The normalized spacial score (nSPS) is 35.1. The molecule has 5 nitrogen and oxygen atoms in total. The number of rotatable bonds is 3. The zero-order valence-corrected chi connectivity index (χ0v) is 9.52. The third kappa shape index (κ3) is 1.85. The SMILES string of the molecule is CCOC1CC(N)C1N1C(=O)CCCC1=O. The zero-order valence-electron chi connectivity index (χ0n) is 9.52. The first-order valence-electron chi connectivity index (χ1n) is 5.87. The maximum absolute atomic E-state index is 11.7. The standard InChI is InChI=1S/C11H18N2O3/c1-2-16-8-6-7(12)11(8)13-9(14)4-3-5-10(13)15/h7-8,11H,2-6,12H2,1H3. The highest BCUT2D eigenvalue weighted by molar-refractivity contribution is 5.98. The van der Waals surface area contributed by atoms with Crippen LogP contribution in [0.5, 0.6) is 0 Å². The summed E-state index contributed by atoms with van der Waals surface area (Å²) in [6.45, 7) is 2.49. The van der Waals surface area contributed by atoms with Crippen LogP contribution in [0.1, 0.15) is 32.6 Å². The van der Waals surface area contributed by atoms with E-state index in [1.165, 1.54) is 4.90 Å². The van der Waals surface area contributed by atoms with E-state index in [-0.39, 0.29) is 30.0 Å². The van der Waals surface area contributed by atoms with Gasteiger partial charge in [-0.1, -0.05) is 0 Å². The number of hydrogen-bond donors (Lipinski definition) is 1. The molecule has 0 aromatic heterocycles. The van der Waals surface area contributed by atoms with Crippen molar-refractivity contribution in [3.63, 3.8) is 0 Å². The maximum atomic E-state index is 11.7. The summed E-state index contributed by atoms with van der Waals surface area (Å²) in [4.78, 5) is 24.8. The van der Waals surface area contributed by atoms with Gasteiger partial charge < -0.3 is 10.5 Å². The highest BCUT2D eigenvalue weighted by Crippen LogP contribution is 2.30. The molecule has 0 spiro atoms. The summed E-state index contributed by atoms with van der Waals surface area (Å²) in [7, 11) is 0. The first-order chi connectivity index (χ1) is 7.65. The molecule has 0 bridgehead atoms. The zero-order chi connectivity index (χ0) is 11.7. The van der Waals surface area contributed by atoms with Gasteiger partial charge in [0.15, 0.2) is 0 Å². The highest BCUT2D eigenvalue weighted by atomic mass is 16.5. The molecule has 3 atom stereocenters. The van der Waals surface area contributed by atoms with E-state index in [4.69, 9.17) is 10.5 Å². The summed E-state index contributed by atoms with van der Waals surface area (Å²) in [5.74, 6) is -0.192. The molecule has 2 aliphatic rings. The van der Waals surface area contributed by atoms with Crippen LogP contribution < -0.4 is 5.73 Å². The van der Waals surface area contributed by atoms with E-state index in [2.05, 4.69) is 0 Å². The van der Waals surface area contributed by atoms with Gasteiger partial charge in [-0.2, -0.15) is 0 Å². The van der Waals surface area contributed by atoms with Gasteiger partial charge >= 0.3 is 0 Å². The Labute approximate surface area is 94.9 Å². The summed E-state index contributed by atoms with van der Waals surface area (Å²) in [6.07, 6.45) is 2.23. The molecule has 90 valence electrons. The average molecular weight is 226 g/mol. The summed E-state index contributed by atoms with van der Waals surface area (Å²) >= 11 is 0. The van der Waals surface area contributed by atoms with Gasteiger partial charge in [-0.05, 0) is 19.8 Å². The van der Waals surface area contributed by atoms with E-state index < -0.39 is 0 Å². The monoisotopic (exact) mass is 226 g/mol. The lowest BCUT2D eigenvalue weighted by atomic mass is 9.81. The van der Waals surface area contributed by atoms with Crippen molar-refractivity contribution in [3.8, 4) is 0 Å². The van der Waals surface area contributed by atoms with Gasteiger partial charge in [-0.25, -0.2) is 0 Å². The summed E-state index contributed by atoms with van der Waals surface area (Å²) in [5.41, 5.74) is 5.87. The predicted octanol–water partition coefficient (Wildman–Crippen LogP) is 0.0302. The van der Waals surface area contributed by atoms with Crippen LogP contribution >= 0.6 is 0 Å². The van der Waals surface area contributed by atoms with Gasteiger partial charge in [-0.15, -0.1) is 0 Å². The molecule has 2 N–H and O–H groups in total. The second-order valence-electron chi connectivity index (χ2n) is 4.39. The lowest BCUT2D eigenvalue weighted by molar-refractivity contribution is -0.163. The van der Waals surface area contributed by atoms with Crippen molar-refractivity contribution in [2.75, 3.05) is 6.61 Å². The second-order valence-corrected chi connectivity index (χ2v) is 4.39. The smallest absolute Gasteiger partial charge is 0.229 e. The summed E-state index contributed by atoms with van der Waals surface area (Å²) in [6, 6.07) is -0.359. The molecule has 2 fully saturated rings. The number of hydrogen-bond acceptors (Lipinski definition) is 4. The molecule has 2 rings (SSSR count). The van der Waals surface area contributed by atoms with E-state index in [1.807, 2.05) is 6.92 Å². The minimum absolute atomic E-state index is 0.0639. The fraction of sp³-hybridized carbons (Fsp3) is 0.818. The van der Waals surface area contributed by atoms with E-state index in [9.17, 15) is 9.59 Å².